The molecule has 2 atom stereocenters. The summed E-state index contributed by atoms with van der Waals surface area (Å²) in [5.74, 6) is -1.67. The van der Waals surface area contributed by atoms with Crippen LogP contribution in [-0.2, 0) is 14.4 Å². The van der Waals surface area contributed by atoms with Crippen molar-refractivity contribution in [3.8, 4) is 23.0 Å². The quantitative estimate of drug-likeness (QED) is 0.431. The highest BCUT2D eigenvalue weighted by Crippen LogP contribution is 2.37. The summed E-state index contributed by atoms with van der Waals surface area (Å²) in [6, 6.07) is 2.33. The number of hydrogen-bond acceptors (Lipinski definition) is 10. The first-order valence-electron chi connectivity index (χ1n) is 12.1. The number of halogens is 3. The molecule has 1 aliphatic carbocycles. The number of alkyl halides is 2. The summed E-state index contributed by atoms with van der Waals surface area (Å²) in [5.41, 5.74) is 11.8. The minimum Gasteiger partial charge on any atom is -0.489 e. The van der Waals surface area contributed by atoms with Gasteiger partial charge in [0.1, 0.15) is 6.04 Å². The van der Waals surface area contributed by atoms with Gasteiger partial charge in [-0.2, -0.15) is 8.78 Å². The van der Waals surface area contributed by atoms with E-state index in [4.69, 9.17) is 25.5 Å². The summed E-state index contributed by atoms with van der Waals surface area (Å²) >= 11 is 0. The van der Waals surface area contributed by atoms with E-state index in [1.54, 1.807) is 6.92 Å². The molecule has 4 N–H and O–H groups in total. The van der Waals surface area contributed by atoms with E-state index in [0.717, 1.165) is 12.8 Å². The normalized spacial score (nSPS) is 18.3. The van der Waals surface area contributed by atoms with Gasteiger partial charge in [-0.25, -0.2) is 4.98 Å². The third kappa shape index (κ3) is 7.34. The number of rotatable bonds is 10. The number of oxazole rings is 1. The molecule has 2 heterocycles. The van der Waals surface area contributed by atoms with E-state index in [2.05, 4.69) is 9.72 Å². The van der Waals surface area contributed by atoms with Gasteiger partial charge in [0.05, 0.1) is 25.7 Å². The highest BCUT2D eigenvalue weighted by Gasteiger charge is 2.38. The van der Waals surface area contributed by atoms with Gasteiger partial charge in [-0.15, -0.1) is 17.5 Å². The van der Waals surface area contributed by atoms with Crippen LogP contribution in [0, 0.1) is 5.92 Å². The number of amides is 2. The zero-order chi connectivity index (χ0) is 27.6. The lowest BCUT2D eigenvalue weighted by molar-refractivity contribution is -0.198. The lowest BCUT2D eigenvalue weighted by atomic mass is 10.1. The summed E-state index contributed by atoms with van der Waals surface area (Å²) in [4.78, 5) is 47.6. The van der Waals surface area contributed by atoms with Gasteiger partial charge in [-0.3, -0.25) is 14.4 Å². The molecule has 12 nitrogen and oxygen atoms in total. The Kier molecular flexibility index (Phi) is 9.69. The van der Waals surface area contributed by atoms with Gasteiger partial charge < -0.3 is 35.1 Å². The van der Waals surface area contributed by atoms with Gasteiger partial charge in [-0.1, -0.05) is 0 Å². The molecule has 1 saturated heterocycles. The fourth-order valence-corrected chi connectivity index (χ4v) is 4.00. The molecule has 2 fully saturated rings. The predicted octanol–water partition coefficient (Wildman–Crippen LogP) is 2.26. The summed E-state index contributed by atoms with van der Waals surface area (Å²) in [6.45, 7) is 0.148. The second-order valence-electron chi connectivity index (χ2n) is 9.20. The Bertz CT molecular complexity index is 1210. The van der Waals surface area contributed by atoms with Gasteiger partial charge in [-0.05, 0) is 43.9 Å². The number of nitrogens with two attached hydrogens (primary N) is 2. The Morgan fingerprint density at radius 2 is 1.92 bits per heavy atom. The van der Waals surface area contributed by atoms with E-state index in [-0.39, 0.29) is 60.9 Å². The van der Waals surface area contributed by atoms with E-state index >= 15 is 0 Å². The van der Waals surface area contributed by atoms with Crippen LogP contribution in [0.2, 0.25) is 0 Å². The molecular weight excluding hydrogens is 544 g/mol. The Balaban J connectivity index is 0.00000420. The molecular formula is C24H30ClF2N5O7. The van der Waals surface area contributed by atoms with Gasteiger partial charge >= 0.3 is 12.6 Å². The van der Waals surface area contributed by atoms with E-state index in [0.29, 0.717) is 18.1 Å². The summed E-state index contributed by atoms with van der Waals surface area (Å²) in [5, 5.41) is 1.26. The molecule has 1 aromatic heterocycles. The lowest BCUT2D eigenvalue weighted by Gasteiger charge is -2.38. The van der Waals surface area contributed by atoms with E-state index in [1.165, 1.54) is 35.1 Å². The summed E-state index contributed by atoms with van der Waals surface area (Å²) < 4.78 is 41.9. The summed E-state index contributed by atoms with van der Waals surface area (Å²) in [7, 11) is 0. The number of nitrogens with zero attached hydrogens (tertiary/aromatic N) is 3. The van der Waals surface area contributed by atoms with Gasteiger partial charge in [0, 0.05) is 19.0 Å². The van der Waals surface area contributed by atoms with Crippen molar-refractivity contribution in [2.75, 3.05) is 26.2 Å². The van der Waals surface area contributed by atoms with Crippen LogP contribution in [0.5, 0.6) is 11.5 Å². The van der Waals surface area contributed by atoms with Crippen LogP contribution in [0.25, 0.3) is 11.5 Å². The lowest BCUT2D eigenvalue weighted by Crippen LogP contribution is -2.60. The smallest absolute Gasteiger partial charge is 0.387 e. The van der Waals surface area contributed by atoms with Crippen LogP contribution in [0.4, 0.5) is 8.78 Å². The molecule has 1 unspecified atom stereocenters. The third-order valence-corrected chi connectivity index (χ3v) is 6.04. The summed E-state index contributed by atoms with van der Waals surface area (Å²) in [6.07, 6.45) is 1.99. The molecule has 0 radical (unpaired) electrons. The van der Waals surface area contributed by atoms with E-state index < -0.39 is 36.5 Å². The maximum absolute atomic E-state index is 13.5. The van der Waals surface area contributed by atoms with Crippen molar-refractivity contribution < 1.29 is 41.9 Å². The van der Waals surface area contributed by atoms with Crippen LogP contribution < -0.4 is 20.9 Å². The Hall–Kier alpha value is -3.49. The maximum atomic E-state index is 13.5. The minimum absolute atomic E-state index is 0. The number of piperazine rings is 1. The number of aromatic nitrogens is 1. The molecule has 0 spiro atoms. The average Bonchev–Trinajstić information content (AvgIpc) is 3.57. The molecule has 39 heavy (non-hydrogen) atoms. The largest absolute Gasteiger partial charge is 0.489 e. The molecule has 214 valence electrons. The third-order valence-electron chi connectivity index (χ3n) is 6.04. The Morgan fingerprint density at radius 1 is 1.21 bits per heavy atom. The van der Waals surface area contributed by atoms with Gasteiger partial charge in [0.25, 0.3) is 5.91 Å². The number of hydrogen-bond donors (Lipinski definition) is 2. The fraction of sp³-hybridized carbons (Fsp3) is 0.500. The number of carbonyl (C=O) groups excluding carboxylic acids is 3. The van der Waals surface area contributed by atoms with Crippen molar-refractivity contribution in [3.63, 3.8) is 0 Å². The molecule has 0 bridgehead atoms. The van der Waals surface area contributed by atoms with Crippen LogP contribution >= 0.6 is 12.4 Å². The van der Waals surface area contributed by atoms with Crippen molar-refractivity contribution in [2.45, 2.75) is 45.4 Å². The molecule has 2 aromatic rings. The average molecular weight is 574 g/mol. The highest BCUT2D eigenvalue weighted by molar-refractivity contribution is 5.97. The Labute approximate surface area is 228 Å². The number of primary amides is 1. The highest BCUT2D eigenvalue weighted by atomic mass is 35.5. The number of hydroxylamine groups is 2. The van der Waals surface area contributed by atoms with Gasteiger partial charge in [0.15, 0.2) is 23.0 Å². The van der Waals surface area contributed by atoms with E-state index in [1.807, 2.05) is 0 Å². The van der Waals surface area contributed by atoms with Crippen molar-refractivity contribution in [1.82, 2.24) is 14.9 Å². The number of ether oxygens (including phenoxy) is 2. The molecule has 1 saturated carbocycles. The molecule has 15 heteroatoms. The monoisotopic (exact) mass is 573 g/mol. The molecule has 1 aliphatic heterocycles. The number of benzene rings is 1. The van der Waals surface area contributed by atoms with Crippen LogP contribution in [0.15, 0.2) is 22.6 Å². The van der Waals surface area contributed by atoms with Crippen LogP contribution in [-0.4, -0.2) is 71.6 Å². The van der Waals surface area contributed by atoms with Crippen molar-refractivity contribution >= 4 is 30.2 Å². The Morgan fingerprint density at radius 3 is 2.51 bits per heavy atom. The van der Waals surface area contributed by atoms with Gasteiger partial charge in [0.2, 0.25) is 11.8 Å². The predicted molar refractivity (Wildman–Crippen MR) is 134 cm³/mol. The topological polar surface area (TPSA) is 163 Å². The fourth-order valence-electron chi connectivity index (χ4n) is 4.00. The first-order valence-corrected chi connectivity index (χ1v) is 12.1. The first-order chi connectivity index (χ1) is 18.0. The SMILES string of the molecule is CC(=O)ON1CCN(C(=O)c2nc(-c3ccc(OC(F)F)c(OCC4CC4)c3)oc2[C@H](C)N)C(C(N)=O)C1.Cl. The molecule has 2 amide bonds. The van der Waals surface area contributed by atoms with Crippen molar-refractivity contribution in [3.05, 3.63) is 29.7 Å². The number of carbonyl (C=O) groups is 3. The van der Waals surface area contributed by atoms with E-state index in [9.17, 15) is 23.2 Å². The van der Waals surface area contributed by atoms with Crippen LogP contribution in [0.1, 0.15) is 49.0 Å². The zero-order valence-corrected chi connectivity index (χ0v) is 22.1. The minimum atomic E-state index is -3.04. The van der Waals surface area contributed by atoms with Crippen LogP contribution in [0.3, 0.4) is 0 Å². The zero-order valence-electron chi connectivity index (χ0n) is 21.3. The maximum Gasteiger partial charge on any atom is 0.387 e. The molecule has 2 aliphatic rings. The second kappa shape index (κ2) is 12.6. The first kappa shape index (κ1) is 30.1. The molecule has 4 rings (SSSR count). The van der Waals surface area contributed by atoms with Crippen molar-refractivity contribution in [1.29, 1.82) is 0 Å². The second-order valence-corrected chi connectivity index (χ2v) is 9.20. The standard InChI is InChI=1S/C24H29F2N5O7.ClH/c1-12(27)20-19(23(34)31-8-7-30(38-13(2)32)10-16(31)21(28)33)29-22(37-20)15-5-6-17(36-24(25)26)18(9-15)35-11-14-3-4-14;/h5-6,9,12,14,16,24H,3-4,7-8,10-11,27H2,1-2H3,(H2,28,33);1H/t12-,16?;/m0./s1. The van der Waals surface area contributed by atoms with Crippen molar-refractivity contribution in [2.24, 2.45) is 17.4 Å². The molecule has 1 aromatic carbocycles.